The molecule has 1 rings (SSSR count). The third kappa shape index (κ3) is 3.94. The molecule has 1 aromatic heterocycles. The van der Waals surface area contributed by atoms with Crippen molar-refractivity contribution in [2.45, 2.75) is 19.8 Å². The van der Waals surface area contributed by atoms with Crippen molar-refractivity contribution in [3.8, 4) is 0 Å². The number of nitrogens with zero attached hydrogens (tertiary/aromatic N) is 1. The summed E-state index contributed by atoms with van der Waals surface area (Å²) in [5, 5.41) is 2.49. The number of halogens is 1. The topological polar surface area (TPSA) is 68.0 Å². The molecule has 5 heteroatoms. The number of rotatable bonds is 5. The van der Waals surface area contributed by atoms with E-state index in [1.807, 2.05) is 6.92 Å². The van der Waals surface area contributed by atoms with Crippen LogP contribution in [-0.2, 0) is 4.79 Å². The monoisotopic (exact) mass is 225 g/mol. The summed E-state index contributed by atoms with van der Waals surface area (Å²) in [6.07, 6.45) is 3.55. The molecule has 0 aliphatic heterocycles. The van der Waals surface area contributed by atoms with Crippen molar-refractivity contribution in [2.75, 3.05) is 11.9 Å². The fourth-order valence-corrected chi connectivity index (χ4v) is 1.18. The molecule has 1 aromatic rings. The first-order chi connectivity index (χ1) is 7.63. The Bertz CT molecular complexity index is 357. The fourth-order valence-electron chi connectivity index (χ4n) is 1.18. The van der Waals surface area contributed by atoms with Crippen molar-refractivity contribution in [3.63, 3.8) is 0 Å². The van der Waals surface area contributed by atoms with Crippen LogP contribution in [0.5, 0.6) is 0 Å². The van der Waals surface area contributed by atoms with E-state index in [2.05, 4.69) is 10.3 Å². The van der Waals surface area contributed by atoms with Crippen molar-refractivity contribution in [3.05, 3.63) is 24.3 Å². The van der Waals surface area contributed by atoms with Crippen LogP contribution in [0, 0.1) is 11.7 Å². The maximum absolute atomic E-state index is 13.1. The largest absolute Gasteiger partial charge is 0.330 e. The molecule has 0 aliphatic carbocycles. The predicted molar refractivity (Wildman–Crippen MR) is 60.3 cm³/mol. The number of aromatic nitrogens is 1. The molecule has 1 unspecified atom stereocenters. The van der Waals surface area contributed by atoms with Gasteiger partial charge in [-0.1, -0.05) is 6.92 Å². The zero-order valence-electron chi connectivity index (χ0n) is 9.24. The van der Waals surface area contributed by atoms with Gasteiger partial charge in [-0.3, -0.25) is 9.78 Å². The molecule has 0 saturated heterocycles. The molecule has 3 N–H and O–H groups in total. The Labute approximate surface area is 94.1 Å². The van der Waals surface area contributed by atoms with Gasteiger partial charge in [0.25, 0.3) is 0 Å². The number of anilines is 1. The van der Waals surface area contributed by atoms with E-state index >= 15 is 0 Å². The number of nitrogens with one attached hydrogen (secondary N) is 1. The number of hydrogen-bond donors (Lipinski definition) is 2. The molecule has 1 heterocycles. The van der Waals surface area contributed by atoms with E-state index < -0.39 is 5.82 Å². The van der Waals surface area contributed by atoms with Gasteiger partial charge < -0.3 is 11.1 Å². The van der Waals surface area contributed by atoms with Crippen molar-refractivity contribution < 1.29 is 9.18 Å². The molecule has 4 nitrogen and oxygen atoms in total. The maximum Gasteiger partial charge on any atom is 0.224 e. The molecule has 16 heavy (non-hydrogen) atoms. The van der Waals surface area contributed by atoms with Crippen LogP contribution in [0.1, 0.15) is 19.8 Å². The lowest BCUT2D eigenvalue weighted by molar-refractivity contribution is -0.116. The second-order valence-corrected chi connectivity index (χ2v) is 3.78. The molecular formula is C11H16FN3O. The van der Waals surface area contributed by atoms with Crippen molar-refractivity contribution in [1.82, 2.24) is 4.98 Å². The van der Waals surface area contributed by atoms with Gasteiger partial charge in [-0.05, 0) is 24.9 Å². The van der Waals surface area contributed by atoms with Crippen molar-refractivity contribution in [2.24, 2.45) is 11.7 Å². The summed E-state index contributed by atoms with van der Waals surface area (Å²) in [5.41, 5.74) is 5.60. The Kier molecular flexibility index (Phi) is 4.85. The van der Waals surface area contributed by atoms with Crippen LogP contribution in [0.2, 0.25) is 0 Å². The highest BCUT2D eigenvalue weighted by Gasteiger charge is 2.08. The molecule has 0 radical (unpaired) electrons. The van der Waals surface area contributed by atoms with E-state index in [0.717, 1.165) is 6.20 Å². The summed E-state index contributed by atoms with van der Waals surface area (Å²) in [5.74, 6) is -0.429. The second kappa shape index (κ2) is 6.17. The molecule has 0 aromatic carbocycles. The first-order valence-electron chi connectivity index (χ1n) is 5.23. The van der Waals surface area contributed by atoms with Gasteiger partial charge in [-0.25, -0.2) is 4.39 Å². The second-order valence-electron chi connectivity index (χ2n) is 3.78. The Balaban J connectivity index is 2.43. The van der Waals surface area contributed by atoms with Crippen molar-refractivity contribution >= 4 is 11.6 Å². The van der Waals surface area contributed by atoms with E-state index in [4.69, 9.17) is 5.73 Å². The lowest BCUT2D eigenvalue weighted by Crippen LogP contribution is -2.16. The van der Waals surface area contributed by atoms with Crippen LogP contribution in [0.15, 0.2) is 18.5 Å². The highest BCUT2D eigenvalue weighted by molar-refractivity contribution is 5.90. The third-order valence-corrected chi connectivity index (χ3v) is 2.31. The number of amides is 1. The average Bonchev–Trinajstić information content (AvgIpc) is 2.29. The summed E-state index contributed by atoms with van der Waals surface area (Å²) in [6.45, 7) is 2.52. The number of carbonyl (C=O) groups excluding carboxylic acids is 1. The number of nitrogens with two attached hydrogens (primary N) is 1. The van der Waals surface area contributed by atoms with Crippen LogP contribution >= 0.6 is 0 Å². The zero-order chi connectivity index (χ0) is 12.0. The minimum absolute atomic E-state index is 0.167. The van der Waals surface area contributed by atoms with Crippen molar-refractivity contribution in [1.29, 1.82) is 0 Å². The van der Waals surface area contributed by atoms with Crippen LogP contribution in [-0.4, -0.2) is 17.4 Å². The average molecular weight is 225 g/mol. The van der Waals surface area contributed by atoms with Gasteiger partial charge in [0.15, 0.2) is 5.82 Å². The zero-order valence-corrected chi connectivity index (χ0v) is 9.24. The van der Waals surface area contributed by atoms with Gasteiger partial charge in [0.1, 0.15) is 0 Å². The summed E-state index contributed by atoms with van der Waals surface area (Å²) >= 11 is 0. The molecule has 0 spiro atoms. The fraction of sp³-hybridized carbons (Fsp3) is 0.455. The summed E-state index contributed by atoms with van der Waals surface area (Å²) < 4.78 is 13.1. The van der Waals surface area contributed by atoms with E-state index in [1.165, 1.54) is 12.3 Å². The molecule has 0 aliphatic rings. The van der Waals surface area contributed by atoms with Gasteiger partial charge >= 0.3 is 0 Å². The highest BCUT2D eigenvalue weighted by Crippen LogP contribution is 2.12. The normalized spacial score (nSPS) is 12.2. The van der Waals surface area contributed by atoms with E-state index in [-0.39, 0.29) is 11.6 Å². The number of carbonyl (C=O) groups is 1. The van der Waals surface area contributed by atoms with Gasteiger partial charge in [0.2, 0.25) is 5.91 Å². The minimum atomic E-state index is -0.525. The number of pyridine rings is 1. The van der Waals surface area contributed by atoms with Crippen LogP contribution in [0.3, 0.4) is 0 Å². The SMILES string of the molecule is CC(CN)CCC(=O)Nc1ccncc1F. The van der Waals surface area contributed by atoms with Crippen LogP contribution in [0.4, 0.5) is 10.1 Å². The Morgan fingerprint density at radius 3 is 3.06 bits per heavy atom. The summed E-state index contributed by atoms with van der Waals surface area (Å²) in [4.78, 5) is 15.0. The van der Waals surface area contributed by atoms with Gasteiger partial charge in [-0.2, -0.15) is 0 Å². The smallest absolute Gasteiger partial charge is 0.224 e. The van der Waals surface area contributed by atoms with Gasteiger partial charge in [0.05, 0.1) is 11.9 Å². The molecule has 1 amide bonds. The molecular weight excluding hydrogens is 209 g/mol. The first-order valence-corrected chi connectivity index (χ1v) is 5.23. The summed E-state index contributed by atoms with van der Waals surface area (Å²) in [7, 11) is 0. The first kappa shape index (κ1) is 12.6. The lowest BCUT2D eigenvalue weighted by atomic mass is 10.1. The van der Waals surface area contributed by atoms with Gasteiger partial charge in [-0.15, -0.1) is 0 Å². The van der Waals surface area contributed by atoms with Crippen LogP contribution in [0.25, 0.3) is 0 Å². The standard InChI is InChI=1S/C11H16FN3O/c1-8(6-13)2-3-11(16)15-10-4-5-14-7-9(10)12/h4-5,7-8H,2-3,6,13H2,1H3,(H,14,15,16). The molecule has 0 fully saturated rings. The molecule has 0 saturated carbocycles. The third-order valence-electron chi connectivity index (χ3n) is 2.31. The molecule has 88 valence electrons. The predicted octanol–water partition coefficient (Wildman–Crippen LogP) is 1.53. The number of hydrogen-bond acceptors (Lipinski definition) is 3. The molecule has 1 atom stereocenters. The summed E-state index contributed by atoms with van der Waals surface area (Å²) in [6, 6.07) is 1.43. The Morgan fingerprint density at radius 1 is 1.69 bits per heavy atom. The van der Waals surface area contributed by atoms with E-state index in [9.17, 15) is 9.18 Å². The maximum atomic E-state index is 13.1. The Hall–Kier alpha value is -1.49. The van der Waals surface area contributed by atoms with Crippen LogP contribution < -0.4 is 11.1 Å². The van der Waals surface area contributed by atoms with E-state index in [0.29, 0.717) is 25.3 Å². The highest BCUT2D eigenvalue weighted by atomic mass is 19.1. The quantitative estimate of drug-likeness (QED) is 0.798. The van der Waals surface area contributed by atoms with E-state index in [1.54, 1.807) is 0 Å². The molecule has 0 bridgehead atoms. The minimum Gasteiger partial charge on any atom is -0.330 e. The van der Waals surface area contributed by atoms with Gasteiger partial charge in [0, 0.05) is 12.6 Å². The lowest BCUT2D eigenvalue weighted by Gasteiger charge is -2.08. The Morgan fingerprint density at radius 2 is 2.44 bits per heavy atom.